The summed E-state index contributed by atoms with van der Waals surface area (Å²) in [6.07, 6.45) is 0.994. The van der Waals surface area contributed by atoms with Gasteiger partial charge in [0.25, 0.3) is 0 Å². The van der Waals surface area contributed by atoms with Crippen molar-refractivity contribution in [3.05, 3.63) is 34.9 Å². The molecule has 1 aromatic carbocycles. The Morgan fingerprint density at radius 2 is 2.22 bits per heavy atom. The number of hydrogen-bond acceptors (Lipinski definition) is 0. The molecule has 0 aliphatic carbocycles. The summed E-state index contributed by atoms with van der Waals surface area (Å²) in [6.45, 7) is 2.08. The molecule has 0 aliphatic heterocycles. The Hall–Kier alpha value is -0.670. The van der Waals surface area contributed by atoms with Gasteiger partial charge < -0.3 is 0 Å². The second-order valence-electron chi connectivity index (χ2n) is 1.81. The van der Waals surface area contributed by atoms with Gasteiger partial charge in [-0.3, -0.25) is 0 Å². The first kappa shape index (κ1) is 6.45. The van der Waals surface area contributed by atoms with Crippen LogP contribution in [0.4, 0.5) is 0 Å². The standard InChI is InChI=1S/C8H7Cl/c1-2-7-3-5-8(9)6-4-7/h3,5H,2H2,1H3. The predicted octanol–water partition coefficient (Wildman–Crippen LogP) is 2.50. The minimum absolute atomic E-state index is 0.632. The van der Waals surface area contributed by atoms with E-state index in [1.807, 2.05) is 12.1 Å². The zero-order chi connectivity index (χ0) is 6.69. The van der Waals surface area contributed by atoms with Crippen molar-refractivity contribution in [2.24, 2.45) is 0 Å². The van der Waals surface area contributed by atoms with Crippen LogP contribution in [0.1, 0.15) is 12.5 Å². The molecule has 0 heterocycles. The van der Waals surface area contributed by atoms with Gasteiger partial charge in [-0.25, -0.2) is 0 Å². The van der Waals surface area contributed by atoms with E-state index in [4.69, 9.17) is 11.6 Å². The van der Waals surface area contributed by atoms with Gasteiger partial charge in [-0.05, 0) is 24.6 Å². The van der Waals surface area contributed by atoms with Crippen molar-refractivity contribution in [2.75, 3.05) is 0 Å². The predicted molar refractivity (Wildman–Crippen MR) is 38.5 cm³/mol. The summed E-state index contributed by atoms with van der Waals surface area (Å²) in [5, 5.41) is 0.632. The van der Waals surface area contributed by atoms with Crippen LogP contribution in [-0.4, -0.2) is 0 Å². The molecule has 1 heteroatoms. The van der Waals surface area contributed by atoms with Crippen molar-refractivity contribution in [1.82, 2.24) is 0 Å². The van der Waals surface area contributed by atoms with E-state index in [1.54, 1.807) is 0 Å². The SMILES string of the molecule is CCc1c#cc(Cl)cc1. The zero-order valence-corrected chi connectivity index (χ0v) is 6.00. The fourth-order valence-corrected chi connectivity index (χ4v) is 0.714. The second-order valence-corrected chi connectivity index (χ2v) is 2.22. The third kappa shape index (κ3) is 1.62. The van der Waals surface area contributed by atoms with E-state index in [2.05, 4.69) is 19.1 Å². The van der Waals surface area contributed by atoms with Gasteiger partial charge >= 0.3 is 0 Å². The normalized spacial score (nSPS) is 8.67. The van der Waals surface area contributed by atoms with Crippen molar-refractivity contribution in [1.29, 1.82) is 0 Å². The third-order valence-electron chi connectivity index (χ3n) is 1.15. The lowest BCUT2D eigenvalue weighted by Gasteiger charge is -1.86. The van der Waals surface area contributed by atoms with Crippen LogP contribution < -0.4 is 0 Å². The topological polar surface area (TPSA) is 0 Å². The molecule has 0 atom stereocenters. The Bertz CT molecular complexity index is 176. The molecule has 0 saturated carbocycles. The van der Waals surface area contributed by atoms with Crippen LogP contribution in [0.3, 0.4) is 0 Å². The van der Waals surface area contributed by atoms with Crippen LogP contribution >= 0.6 is 11.6 Å². The lowest BCUT2D eigenvalue weighted by atomic mass is 10.2. The first-order valence-electron chi connectivity index (χ1n) is 2.91. The molecule has 9 heavy (non-hydrogen) atoms. The summed E-state index contributed by atoms with van der Waals surface area (Å²) in [6, 6.07) is 9.51. The maximum atomic E-state index is 5.58. The molecule has 46 valence electrons. The molecule has 1 aromatic rings. The minimum atomic E-state index is 0.632. The Morgan fingerprint density at radius 1 is 1.44 bits per heavy atom. The molecule has 0 radical (unpaired) electrons. The maximum absolute atomic E-state index is 5.58. The van der Waals surface area contributed by atoms with Crippen LogP contribution in [0.2, 0.25) is 5.02 Å². The molecule has 0 bridgehead atoms. The van der Waals surface area contributed by atoms with E-state index in [0.717, 1.165) is 12.0 Å². The zero-order valence-electron chi connectivity index (χ0n) is 5.24. The highest BCUT2D eigenvalue weighted by Crippen LogP contribution is 2.03. The van der Waals surface area contributed by atoms with E-state index in [9.17, 15) is 0 Å². The summed E-state index contributed by atoms with van der Waals surface area (Å²) in [5.74, 6) is 0. The average Bonchev–Trinajstić information content (AvgIpc) is 1.90. The summed E-state index contributed by atoms with van der Waals surface area (Å²) in [5.41, 5.74) is 1.15. The highest BCUT2D eigenvalue weighted by molar-refractivity contribution is 6.30. The van der Waals surface area contributed by atoms with E-state index < -0.39 is 0 Å². The molecule has 0 unspecified atom stereocenters. The first-order valence-corrected chi connectivity index (χ1v) is 3.29. The number of hydrogen-bond donors (Lipinski definition) is 0. The fourth-order valence-electron chi connectivity index (χ4n) is 0.603. The first-order chi connectivity index (χ1) is 4.33. The van der Waals surface area contributed by atoms with E-state index in [1.165, 1.54) is 0 Å². The van der Waals surface area contributed by atoms with Crippen LogP contribution in [0.5, 0.6) is 0 Å². The molecule has 0 N–H and O–H groups in total. The van der Waals surface area contributed by atoms with Gasteiger partial charge in [-0.1, -0.05) is 24.6 Å². The summed E-state index contributed by atoms with van der Waals surface area (Å²) in [4.78, 5) is 0. The van der Waals surface area contributed by atoms with Crippen molar-refractivity contribution in [3.63, 3.8) is 0 Å². The molecular formula is C8H7Cl. The molecule has 0 aliphatic rings. The Kier molecular flexibility index (Phi) is 1.97. The molecule has 0 amide bonds. The summed E-state index contributed by atoms with van der Waals surface area (Å²) < 4.78 is 0. The Morgan fingerprint density at radius 3 is 2.67 bits per heavy atom. The molecule has 0 spiro atoms. The van der Waals surface area contributed by atoms with Crippen LogP contribution in [-0.2, 0) is 6.42 Å². The smallest absolute Gasteiger partial charge is 0.0744 e. The van der Waals surface area contributed by atoms with Crippen molar-refractivity contribution < 1.29 is 0 Å². The van der Waals surface area contributed by atoms with Crippen molar-refractivity contribution in [3.8, 4) is 0 Å². The van der Waals surface area contributed by atoms with Crippen molar-refractivity contribution >= 4 is 11.6 Å². The summed E-state index contributed by atoms with van der Waals surface area (Å²) in [7, 11) is 0. The van der Waals surface area contributed by atoms with Gasteiger partial charge in [0, 0.05) is 5.56 Å². The minimum Gasteiger partial charge on any atom is -0.0744 e. The largest absolute Gasteiger partial charge is 0.0908 e. The highest BCUT2D eigenvalue weighted by Gasteiger charge is 1.84. The Labute approximate surface area is 60.5 Å². The quantitative estimate of drug-likeness (QED) is 0.560. The van der Waals surface area contributed by atoms with Gasteiger partial charge in [0.1, 0.15) is 0 Å². The second kappa shape index (κ2) is 2.75. The fraction of sp³-hybridized carbons (Fsp3) is 0.250. The highest BCUT2D eigenvalue weighted by atomic mass is 35.5. The van der Waals surface area contributed by atoms with Crippen LogP contribution in [0, 0.1) is 12.1 Å². The number of halogens is 1. The van der Waals surface area contributed by atoms with E-state index >= 15 is 0 Å². The van der Waals surface area contributed by atoms with E-state index in [0.29, 0.717) is 5.02 Å². The molecule has 0 aromatic heterocycles. The summed E-state index contributed by atoms with van der Waals surface area (Å²) >= 11 is 5.58. The van der Waals surface area contributed by atoms with Crippen molar-refractivity contribution in [2.45, 2.75) is 13.3 Å². The monoisotopic (exact) mass is 138 g/mol. The van der Waals surface area contributed by atoms with Crippen LogP contribution in [0.25, 0.3) is 0 Å². The molecular weight excluding hydrogens is 132 g/mol. The third-order valence-corrected chi connectivity index (χ3v) is 1.37. The van der Waals surface area contributed by atoms with Gasteiger partial charge in [-0.15, -0.1) is 0 Å². The molecule has 0 saturated heterocycles. The average molecular weight is 139 g/mol. The van der Waals surface area contributed by atoms with Gasteiger partial charge in [0.05, 0.1) is 5.02 Å². The Balaban J connectivity index is 2.88. The van der Waals surface area contributed by atoms with Crippen LogP contribution in [0.15, 0.2) is 12.1 Å². The number of rotatable bonds is 1. The van der Waals surface area contributed by atoms with Gasteiger partial charge in [-0.2, -0.15) is 0 Å². The molecule has 0 fully saturated rings. The lowest BCUT2D eigenvalue weighted by Crippen LogP contribution is -1.73. The van der Waals surface area contributed by atoms with E-state index in [-0.39, 0.29) is 0 Å². The van der Waals surface area contributed by atoms with Gasteiger partial charge in [0.2, 0.25) is 0 Å². The van der Waals surface area contributed by atoms with Gasteiger partial charge in [0.15, 0.2) is 0 Å². The maximum Gasteiger partial charge on any atom is 0.0908 e. The lowest BCUT2D eigenvalue weighted by molar-refractivity contribution is 1.14. The number of aryl methyl sites for hydroxylation is 1. The molecule has 1 rings (SSSR count). The molecule has 0 nitrogen and oxygen atoms in total.